The quantitative estimate of drug-likeness (QED) is 0.779. The van der Waals surface area contributed by atoms with Gasteiger partial charge in [0.15, 0.2) is 0 Å². The molecule has 3 fully saturated rings. The Kier molecular flexibility index (Phi) is 3.75. The van der Waals surface area contributed by atoms with Crippen LogP contribution in [-0.2, 0) is 0 Å². The maximum Gasteiger partial charge on any atom is 0.394 e. The van der Waals surface area contributed by atoms with E-state index in [2.05, 4.69) is 15.1 Å². The van der Waals surface area contributed by atoms with Crippen molar-refractivity contribution >= 4 is 0 Å². The molecular formula is C13H22F3N3. The molecule has 6 heteroatoms. The van der Waals surface area contributed by atoms with Crippen LogP contribution in [0.4, 0.5) is 13.2 Å². The van der Waals surface area contributed by atoms with Crippen molar-refractivity contribution in [2.45, 2.75) is 37.5 Å². The zero-order valence-electron chi connectivity index (χ0n) is 11.1. The molecule has 3 atom stereocenters. The molecule has 0 aliphatic carbocycles. The lowest BCUT2D eigenvalue weighted by Gasteiger charge is -2.33. The van der Waals surface area contributed by atoms with Crippen LogP contribution in [0.15, 0.2) is 0 Å². The van der Waals surface area contributed by atoms with Gasteiger partial charge in [0.1, 0.15) is 0 Å². The average Bonchev–Trinajstić information content (AvgIpc) is 2.84. The number of alkyl halides is 3. The molecule has 3 heterocycles. The summed E-state index contributed by atoms with van der Waals surface area (Å²) in [5, 5.41) is 2.94. The van der Waals surface area contributed by atoms with E-state index in [1.165, 1.54) is 6.42 Å². The van der Waals surface area contributed by atoms with E-state index >= 15 is 0 Å². The van der Waals surface area contributed by atoms with Crippen LogP contribution in [0.25, 0.3) is 0 Å². The molecule has 0 bridgehead atoms. The average molecular weight is 277 g/mol. The van der Waals surface area contributed by atoms with Crippen molar-refractivity contribution in [3.05, 3.63) is 0 Å². The van der Waals surface area contributed by atoms with Crippen LogP contribution in [0.3, 0.4) is 0 Å². The summed E-state index contributed by atoms with van der Waals surface area (Å²) in [5.74, 6) is -1.22. The van der Waals surface area contributed by atoms with Crippen molar-refractivity contribution in [1.82, 2.24) is 15.1 Å². The summed E-state index contributed by atoms with van der Waals surface area (Å²) in [7, 11) is 0. The maximum atomic E-state index is 13.0. The highest BCUT2D eigenvalue weighted by molar-refractivity contribution is 4.98. The fourth-order valence-electron chi connectivity index (χ4n) is 3.94. The molecule has 19 heavy (non-hydrogen) atoms. The Morgan fingerprint density at radius 2 is 1.74 bits per heavy atom. The summed E-state index contributed by atoms with van der Waals surface area (Å²) >= 11 is 0. The maximum absolute atomic E-state index is 13.0. The van der Waals surface area contributed by atoms with Crippen LogP contribution >= 0.6 is 0 Å². The summed E-state index contributed by atoms with van der Waals surface area (Å²) in [6, 6.07) is 0.847. The second kappa shape index (κ2) is 5.22. The Labute approximate surface area is 112 Å². The molecular weight excluding hydrogens is 255 g/mol. The number of hydrogen-bond acceptors (Lipinski definition) is 3. The summed E-state index contributed by atoms with van der Waals surface area (Å²) in [6.45, 7) is 3.87. The third-order valence-electron chi connectivity index (χ3n) is 4.92. The lowest BCUT2D eigenvalue weighted by molar-refractivity contribution is -0.177. The molecule has 0 amide bonds. The van der Waals surface area contributed by atoms with Crippen molar-refractivity contribution < 1.29 is 13.2 Å². The first-order chi connectivity index (χ1) is 9.05. The van der Waals surface area contributed by atoms with Gasteiger partial charge in [-0.05, 0) is 25.8 Å². The largest absolute Gasteiger partial charge is 0.394 e. The molecule has 0 radical (unpaired) electrons. The predicted octanol–water partition coefficient (Wildman–Crippen LogP) is 1.31. The molecule has 3 nitrogen and oxygen atoms in total. The van der Waals surface area contributed by atoms with Crippen molar-refractivity contribution in [3.8, 4) is 0 Å². The van der Waals surface area contributed by atoms with Gasteiger partial charge in [-0.2, -0.15) is 13.2 Å². The first kappa shape index (κ1) is 13.6. The monoisotopic (exact) mass is 277 g/mol. The molecule has 3 saturated heterocycles. The molecule has 0 saturated carbocycles. The smallest absolute Gasteiger partial charge is 0.315 e. The second-order valence-electron chi connectivity index (χ2n) is 6.04. The van der Waals surface area contributed by atoms with E-state index < -0.39 is 12.1 Å². The first-order valence-electron chi connectivity index (χ1n) is 7.31. The third-order valence-corrected chi connectivity index (χ3v) is 4.92. The zero-order valence-corrected chi connectivity index (χ0v) is 11.1. The molecule has 3 aliphatic rings. The fourth-order valence-corrected chi connectivity index (χ4v) is 3.94. The second-order valence-corrected chi connectivity index (χ2v) is 6.04. The van der Waals surface area contributed by atoms with Crippen molar-refractivity contribution in [1.29, 1.82) is 0 Å². The van der Waals surface area contributed by atoms with E-state index in [0.29, 0.717) is 18.6 Å². The molecule has 0 aromatic carbocycles. The number of halogens is 3. The van der Waals surface area contributed by atoms with Crippen LogP contribution in [0.2, 0.25) is 0 Å². The van der Waals surface area contributed by atoms with E-state index in [9.17, 15) is 13.2 Å². The highest BCUT2D eigenvalue weighted by Crippen LogP contribution is 2.34. The number of hydrogen-bond donors (Lipinski definition) is 1. The molecule has 3 aliphatic heterocycles. The molecule has 0 aromatic heterocycles. The summed E-state index contributed by atoms with van der Waals surface area (Å²) < 4.78 is 38.9. The van der Waals surface area contributed by atoms with Gasteiger partial charge in [0.2, 0.25) is 0 Å². The van der Waals surface area contributed by atoms with Gasteiger partial charge in [-0.25, -0.2) is 0 Å². The highest BCUT2D eigenvalue weighted by atomic mass is 19.4. The minimum absolute atomic E-state index is 0.0705. The number of nitrogens with zero attached hydrogens (tertiary/aromatic N) is 2. The molecule has 0 spiro atoms. The molecule has 3 rings (SSSR count). The molecule has 0 aromatic rings. The lowest BCUT2D eigenvalue weighted by atomic mass is 10.0. The van der Waals surface area contributed by atoms with Crippen LogP contribution in [-0.4, -0.2) is 67.3 Å². The molecule has 3 unspecified atom stereocenters. The number of fused-ring (bicyclic) bond motifs is 1. The minimum atomic E-state index is -4.08. The Morgan fingerprint density at radius 3 is 2.53 bits per heavy atom. The van der Waals surface area contributed by atoms with Crippen LogP contribution in [0, 0.1) is 5.92 Å². The van der Waals surface area contributed by atoms with Crippen LogP contribution in [0.5, 0.6) is 0 Å². The Balaban J connectivity index is 1.69. The van der Waals surface area contributed by atoms with Gasteiger partial charge >= 0.3 is 6.18 Å². The fraction of sp³-hybridized carbons (Fsp3) is 1.00. The van der Waals surface area contributed by atoms with E-state index in [4.69, 9.17) is 0 Å². The zero-order chi connectivity index (χ0) is 13.5. The minimum Gasteiger partial charge on any atom is -0.315 e. The van der Waals surface area contributed by atoms with Crippen molar-refractivity contribution in [2.75, 3.05) is 39.3 Å². The number of rotatable bonds is 1. The van der Waals surface area contributed by atoms with Gasteiger partial charge in [0, 0.05) is 44.8 Å². The van der Waals surface area contributed by atoms with Crippen LogP contribution in [0.1, 0.15) is 19.3 Å². The van der Waals surface area contributed by atoms with Gasteiger partial charge in [0.05, 0.1) is 5.92 Å². The molecule has 110 valence electrons. The van der Waals surface area contributed by atoms with Crippen LogP contribution < -0.4 is 5.32 Å². The van der Waals surface area contributed by atoms with E-state index in [-0.39, 0.29) is 13.1 Å². The SMILES string of the molecule is FC(F)(F)C1CNCCN(C2CCN3CCCC23)C1. The van der Waals surface area contributed by atoms with Gasteiger partial charge in [-0.3, -0.25) is 9.80 Å². The van der Waals surface area contributed by atoms with Crippen molar-refractivity contribution in [3.63, 3.8) is 0 Å². The summed E-state index contributed by atoms with van der Waals surface area (Å²) in [5.41, 5.74) is 0. The van der Waals surface area contributed by atoms with Gasteiger partial charge in [0.25, 0.3) is 0 Å². The van der Waals surface area contributed by atoms with E-state index in [1.807, 2.05) is 0 Å². The van der Waals surface area contributed by atoms with E-state index in [0.717, 1.165) is 32.5 Å². The molecule has 1 N–H and O–H groups in total. The predicted molar refractivity (Wildman–Crippen MR) is 67.0 cm³/mol. The van der Waals surface area contributed by atoms with Gasteiger partial charge in [-0.15, -0.1) is 0 Å². The third kappa shape index (κ3) is 2.76. The first-order valence-corrected chi connectivity index (χ1v) is 7.31. The Morgan fingerprint density at radius 1 is 0.947 bits per heavy atom. The standard InChI is InChI=1S/C13H22F3N3/c14-13(15,16)10-8-17-4-7-19(9-10)12-3-6-18-5-1-2-11(12)18/h10-12,17H,1-9H2. The summed E-state index contributed by atoms with van der Waals surface area (Å²) in [6.07, 6.45) is -0.681. The lowest BCUT2D eigenvalue weighted by Crippen LogP contribution is -2.47. The Hall–Kier alpha value is -0.330. The van der Waals surface area contributed by atoms with E-state index in [1.54, 1.807) is 0 Å². The van der Waals surface area contributed by atoms with Crippen molar-refractivity contribution in [2.24, 2.45) is 5.92 Å². The topological polar surface area (TPSA) is 18.5 Å². The highest BCUT2D eigenvalue weighted by Gasteiger charge is 2.45. The normalized spacial score (nSPS) is 38.4. The Bertz CT molecular complexity index is 321. The number of nitrogens with one attached hydrogen (secondary N) is 1. The van der Waals surface area contributed by atoms with Gasteiger partial charge in [-0.1, -0.05) is 0 Å². The van der Waals surface area contributed by atoms with Gasteiger partial charge < -0.3 is 5.32 Å². The summed E-state index contributed by atoms with van der Waals surface area (Å²) in [4.78, 5) is 4.57.